The van der Waals surface area contributed by atoms with Gasteiger partial charge in [-0.1, -0.05) is 18.9 Å². The van der Waals surface area contributed by atoms with Crippen molar-refractivity contribution in [3.05, 3.63) is 35.1 Å². The van der Waals surface area contributed by atoms with Crippen LogP contribution in [0.4, 0.5) is 17.6 Å². The van der Waals surface area contributed by atoms with Crippen LogP contribution in [0.5, 0.6) is 0 Å². The predicted octanol–water partition coefficient (Wildman–Crippen LogP) is 3.40. The molecule has 0 aromatic heterocycles. The molecule has 1 aliphatic rings. The molecule has 6 heteroatoms. The number of benzene rings is 1. The zero-order chi connectivity index (χ0) is 14.9. The van der Waals surface area contributed by atoms with Gasteiger partial charge in [0, 0.05) is 5.56 Å². The fraction of sp³-hybridized carbons (Fsp3) is 0.571. The van der Waals surface area contributed by atoms with Crippen LogP contribution in [0.1, 0.15) is 42.9 Å². The van der Waals surface area contributed by atoms with Gasteiger partial charge in [-0.15, -0.1) is 0 Å². The van der Waals surface area contributed by atoms with E-state index in [1.165, 1.54) is 0 Å². The van der Waals surface area contributed by atoms with Crippen LogP contribution in [0.2, 0.25) is 0 Å². The van der Waals surface area contributed by atoms with E-state index < -0.39 is 35.3 Å². The Morgan fingerprint density at radius 1 is 1.20 bits per heavy atom. The molecule has 0 heterocycles. The third kappa shape index (κ3) is 2.96. The van der Waals surface area contributed by atoms with Crippen LogP contribution in [0.3, 0.4) is 0 Å². The molecule has 20 heavy (non-hydrogen) atoms. The van der Waals surface area contributed by atoms with Crippen molar-refractivity contribution in [3.8, 4) is 0 Å². The van der Waals surface area contributed by atoms with Crippen molar-refractivity contribution >= 4 is 0 Å². The largest absolute Gasteiger partial charge is 0.416 e. The first-order chi connectivity index (χ1) is 9.32. The minimum atomic E-state index is -4.69. The highest BCUT2D eigenvalue weighted by Crippen LogP contribution is 2.39. The molecule has 112 valence electrons. The van der Waals surface area contributed by atoms with Crippen molar-refractivity contribution in [3.63, 3.8) is 0 Å². The zero-order valence-electron chi connectivity index (χ0n) is 10.8. The van der Waals surface area contributed by atoms with E-state index in [0.29, 0.717) is 12.8 Å². The molecule has 0 saturated heterocycles. The van der Waals surface area contributed by atoms with Crippen molar-refractivity contribution in [1.82, 2.24) is 0 Å². The summed E-state index contributed by atoms with van der Waals surface area (Å²) in [5, 5.41) is 10.1. The lowest BCUT2D eigenvalue weighted by Crippen LogP contribution is -2.34. The monoisotopic (exact) mass is 291 g/mol. The van der Waals surface area contributed by atoms with Gasteiger partial charge in [0.2, 0.25) is 0 Å². The molecule has 0 spiro atoms. The Morgan fingerprint density at radius 2 is 1.80 bits per heavy atom. The van der Waals surface area contributed by atoms with E-state index >= 15 is 0 Å². The van der Waals surface area contributed by atoms with E-state index in [1.807, 2.05) is 0 Å². The van der Waals surface area contributed by atoms with Crippen molar-refractivity contribution in [2.24, 2.45) is 11.7 Å². The van der Waals surface area contributed by atoms with Crippen molar-refractivity contribution in [1.29, 1.82) is 0 Å². The van der Waals surface area contributed by atoms with E-state index in [-0.39, 0.29) is 5.92 Å². The maximum Gasteiger partial charge on any atom is 0.416 e. The number of aliphatic hydroxyl groups is 1. The molecule has 1 aromatic carbocycles. The Morgan fingerprint density at radius 3 is 2.35 bits per heavy atom. The molecule has 1 aliphatic carbocycles. The van der Waals surface area contributed by atoms with E-state index in [4.69, 9.17) is 5.73 Å². The maximum absolute atomic E-state index is 13.8. The second kappa shape index (κ2) is 5.69. The summed E-state index contributed by atoms with van der Waals surface area (Å²) in [6, 6.07) is 1.36. The van der Waals surface area contributed by atoms with E-state index in [2.05, 4.69) is 0 Å². The summed E-state index contributed by atoms with van der Waals surface area (Å²) < 4.78 is 52.6. The highest BCUT2D eigenvalue weighted by Gasteiger charge is 2.39. The second-order valence-corrected chi connectivity index (χ2v) is 5.26. The van der Waals surface area contributed by atoms with Crippen LogP contribution >= 0.6 is 0 Å². The summed E-state index contributed by atoms with van der Waals surface area (Å²) >= 11 is 0. The van der Waals surface area contributed by atoms with Gasteiger partial charge in [0.05, 0.1) is 17.7 Å². The van der Waals surface area contributed by atoms with E-state index in [0.717, 1.165) is 31.0 Å². The lowest BCUT2D eigenvalue weighted by atomic mass is 9.88. The SMILES string of the molecule is N[C@H](c1c(F)cccc1C(F)(F)F)[C@@H](O)C1CCCC1. The van der Waals surface area contributed by atoms with Crippen LogP contribution < -0.4 is 5.73 Å². The third-order valence-electron chi connectivity index (χ3n) is 3.94. The highest BCUT2D eigenvalue weighted by molar-refractivity contribution is 5.34. The molecule has 1 fully saturated rings. The van der Waals surface area contributed by atoms with Gasteiger partial charge in [0.15, 0.2) is 0 Å². The number of halogens is 4. The maximum atomic E-state index is 13.8. The smallest absolute Gasteiger partial charge is 0.391 e. The van der Waals surface area contributed by atoms with Gasteiger partial charge in [-0.2, -0.15) is 13.2 Å². The van der Waals surface area contributed by atoms with Gasteiger partial charge in [0.25, 0.3) is 0 Å². The summed E-state index contributed by atoms with van der Waals surface area (Å²) in [5.74, 6) is -1.19. The molecule has 0 amide bonds. The Kier molecular flexibility index (Phi) is 4.34. The minimum Gasteiger partial charge on any atom is -0.391 e. The summed E-state index contributed by atoms with van der Waals surface area (Å²) in [6.07, 6.45) is -2.59. The quantitative estimate of drug-likeness (QED) is 0.838. The molecule has 0 radical (unpaired) electrons. The van der Waals surface area contributed by atoms with E-state index in [9.17, 15) is 22.7 Å². The van der Waals surface area contributed by atoms with Gasteiger partial charge < -0.3 is 10.8 Å². The molecule has 3 N–H and O–H groups in total. The van der Waals surface area contributed by atoms with Crippen molar-refractivity contribution < 1.29 is 22.7 Å². The summed E-state index contributed by atoms with van der Waals surface area (Å²) in [6.45, 7) is 0. The van der Waals surface area contributed by atoms with Gasteiger partial charge in [-0.05, 0) is 30.9 Å². The summed E-state index contributed by atoms with van der Waals surface area (Å²) in [5.41, 5.74) is 3.98. The van der Waals surface area contributed by atoms with Crippen LogP contribution in [-0.4, -0.2) is 11.2 Å². The molecule has 2 nitrogen and oxygen atoms in total. The van der Waals surface area contributed by atoms with Gasteiger partial charge in [0.1, 0.15) is 5.82 Å². The molecule has 1 aromatic rings. The van der Waals surface area contributed by atoms with Crippen molar-refractivity contribution in [2.45, 2.75) is 44.0 Å². The number of alkyl halides is 3. The van der Waals surface area contributed by atoms with Crippen molar-refractivity contribution in [2.75, 3.05) is 0 Å². The second-order valence-electron chi connectivity index (χ2n) is 5.26. The summed E-state index contributed by atoms with van der Waals surface area (Å²) in [7, 11) is 0. The lowest BCUT2D eigenvalue weighted by molar-refractivity contribution is -0.139. The average molecular weight is 291 g/mol. The molecule has 0 aliphatic heterocycles. The Labute approximate surface area is 114 Å². The number of aliphatic hydroxyl groups excluding tert-OH is 1. The molecule has 0 unspecified atom stereocenters. The predicted molar refractivity (Wildman–Crippen MR) is 66.3 cm³/mol. The minimum absolute atomic E-state index is 0.161. The fourth-order valence-corrected chi connectivity index (χ4v) is 2.89. The first-order valence-electron chi connectivity index (χ1n) is 6.61. The fourth-order valence-electron chi connectivity index (χ4n) is 2.89. The van der Waals surface area contributed by atoms with Gasteiger partial charge in [-0.3, -0.25) is 0 Å². The van der Waals surface area contributed by atoms with Crippen LogP contribution in [-0.2, 0) is 6.18 Å². The van der Waals surface area contributed by atoms with Gasteiger partial charge >= 0.3 is 6.18 Å². The summed E-state index contributed by atoms with van der Waals surface area (Å²) in [4.78, 5) is 0. The molecule has 0 bridgehead atoms. The Bertz CT molecular complexity index is 469. The van der Waals surface area contributed by atoms with E-state index in [1.54, 1.807) is 0 Å². The van der Waals surface area contributed by atoms with Crippen LogP contribution in [0.25, 0.3) is 0 Å². The van der Waals surface area contributed by atoms with Crippen LogP contribution in [0.15, 0.2) is 18.2 Å². The normalized spacial score (nSPS) is 20.1. The number of hydrogen-bond donors (Lipinski definition) is 2. The standard InChI is InChI=1S/C14H17F4NO/c15-10-7-3-6-9(14(16,17)18)11(10)12(19)13(20)8-4-1-2-5-8/h3,6-8,12-13,20H,1-2,4-5,19H2/t12-,13+/m1/s1. The molecule has 2 rings (SSSR count). The topological polar surface area (TPSA) is 46.2 Å². The first kappa shape index (κ1) is 15.3. The van der Waals surface area contributed by atoms with Crippen LogP contribution in [0, 0.1) is 11.7 Å². The molecule has 1 saturated carbocycles. The number of rotatable bonds is 3. The lowest BCUT2D eigenvalue weighted by Gasteiger charge is -2.27. The molecular formula is C14H17F4NO. The Balaban J connectivity index is 2.35. The van der Waals surface area contributed by atoms with Gasteiger partial charge in [-0.25, -0.2) is 4.39 Å². The molecular weight excluding hydrogens is 274 g/mol. The number of hydrogen-bond acceptors (Lipinski definition) is 2. The highest BCUT2D eigenvalue weighted by atomic mass is 19.4. The zero-order valence-corrected chi connectivity index (χ0v) is 10.8. The first-order valence-corrected chi connectivity index (χ1v) is 6.61. The average Bonchev–Trinajstić information content (AvgIpc) is 2.89. The third-order valence-corrected chi connectivity index (χ3v) is 3.94. The molecule has 2 atom stereocenters. The number of nitrogens with two attached hydrogens (primary N) is 1. The Hall–Kier alpha value is -1.14.